The van der Waals surface area contributed by atoms with Gasteiger partial charge in [0.2, 0.25) is 0 Å². The van der Waals surface area contributed by atoms with E-state index >= 15 is 0 Å². The van der Waals surface area contributed by atoms with Gasteiger partial charge in [-0.2, -0.15) is 13.2 Å². The number of carboxylic acids is 1. The highest BCUT2D eigenvalue weighted by Crippen LogP contribution is 2.30. The van der Waals surface area contributed by atoms with Crippen molar-refractivity contribution in [1.29, 1.82) is 0 Å². The molecular formula is C11H11F3N2O4. The van der Waals surface area contributed by atoms with E-state index in [1.54, 1.807) is 0 Å². The van der Waals surface area contributed by atoms with Gasteiger partial charge in [0.1, 0.15) is 13.1 Å². The molecule has 0 heterocycles. The Kier molecular flexibility index (Phi) is 4.53. The molecule has 0 spiro atoms. The lowest BCUT2D eigenvalue weighted by Gasteiger charge is -2.25. The minimum atomic E-state index is -4.62. The zero-order valence-electron chi connectivity index (χ0n) is 10.3. The maximum atomic E-state index is 12.5. The average molecular weight is 292 g/mol. The second-order valence-corrected chi connectivity index (χ2v) is 4.04. The van der Waals surface area contributed by atoms with Crippen molar-refractivity contribution in [3.8, 4) is 0 Å². The monoisotopic (exact) mass is 292 g/mol. The molecule has 0 fully saturated rings. The van der Waals surface area contributed by atoms with Gasteiger partial charge in [-0.15, -0.1) is 0 Å². The van der Waals surface area contributed by atoms with Crippen LogP contribution in [0.25, 0.3) is 0 Å². The zero-order valence-corrected chi connectivity index (χ0v) is 10.3. The number of carboxylic acid groups (broad SMARTS) is 1. The summed E-state index contributed by atoms with van der Waals surface area (Å²) in [6.07, 6.45) is -4.62. The predicted molar refractivity (Wildman–Crippen MR) is 63.7 cm³/mol. The van der Waals surface area contributed by atoms with E-state index in [2.05, 4.69) is 0 Å². The first kappa shape index (κ1) is 15.7. The van der Waals surface area contributed by atoms with Gasteiger partial charge in [0.15, 0.2) is 0 Å². The summed E-state index contributed by atoms with van der Waals surface area (Å²) in [5, 5.41) is 19.4. The fraction of sp³-hybridized carbons (Fsp3) is 0.364. The van der Waals surface area contributed by atoms with Crippen molar-refractivity contribution < 1.29 is 28.0 Å². The number of carbonyl (C=O) groups is 1. The molecule has 0 aliphatic rings. The largest absolute Gasteiger partial charge is 0.480 e. The van der Waals surface area contributed by atoms with Crippen molar-refractivity contribution in [3.05, 3.63) is 33.9 Å². The SMILES string of the molecule is Cc1c(N(CC(=O)O)CC(F)(F)F)cccc1[N+](=O)[O-]. The lowest BCUT2D eigenvalue weighted by Crippen LogP contribution is -2.38. The molecule has 1 N–H and O–H groups in total. The quantitative estimate of drug-likeness (QED) is 0.665. The summed E-state index contributed by atoms with van der Waals surface area (Å²) in [5.74, 6) is -1.46. The molecule has 0 aliphatic heterocycles. The zero-order chi connectivity index (χ0) is 15.5. The molecule has 0 amide bonds. The van der Waals surface area contributed by atoms with Gasteiger partial charge in [-0.05, 0) is 13.0 Å². The smallest absolute Gasteiger partial charge is 0.405 e. The standard InChI is InChI=1S/C11H11F3N2O4/c1-7-8(3-2-4-9(7)16(19)20)15(5-10(17)18)6-11(12,13)14/h2-4H,5-6H2,1H3,(H,17,18). The molecule has 9 heteroatoms. The van der Waals surface area contributed by atoms with Crippen LogP contribution in [-0.4, -0.2) is 35.3 Å². The van der Waals surface area contributed by atoms with E-state index in [1.165, 1.54) is 19.1 Å². The second-order valence-electron chi connectivity index (χ2n) is 4.04. The van der Waals surface area contributed by atoms with Gasteiger partial charge in [-0.1, -0.05) is 6.07 Å². The molecule has 1 rings (SSSR count). The Morgan fingerprint density at radius 2 is 2.05 bits per heavy atom. The van der Waals surface area contributed by atoms with Crippen LogP contribution in [0.5, 0.6) is 0 Å². The van der Waals surface area contributed by atoms with Crippen LogP contribution in [0, 0.1) is 17.0 Å². The van der Waals surface area contributed by atoms with Crippen molar-refractivity contribution in [2.75, 3.05) is 18.0 Å². The average Bonchev–Trinajstić information content (AvgIpc) is 2.25. The van der Waals surface area contributed by atoms with E-state index in [9.17, 15) is 28.1 Å². The lowest BCUT2D eigenvalue weighted by molar-refractivity contribution is -0.385. The summed E-state index contributed by atoms with van der Waals surface area (Å²) in [4.78, 5) is 21.2. The molecule has 0 aliphatic carbocycles. The van der Waals surface area contributed by atoms with Crippen LogP contribution in [0.3, 0.4) is 0 Å². The van der Waals surface area contributed by atoms with E-state index in [4.69, 9.17) is 5.11 Å². The number of rotatable bonds is 5. The number of halogens is 3. The van der Waals surface area contributed by atoms with Crippen LogP contribution in [0.15, 0.2) is 18.2 Å². The van der Waals surface area contributed by atoms with Gasteiger partial charge >= 0.3 is 12.1 Å². The van der Waals surface area contributed by atoms with Crippen molar-refractivity contribution in [1.82, 2.24) is 0 Å². The maximum Gasteiger partial charge on any atom is 0.405 e. The molecule has 0 aromatic heterocycles. The fourth-order valence-electron chi connectivity index (χ4n) is 1.76. The third-order valence-corrected chi connectivity index (χ3v) is 2.51. The van der Waals surface area contributed by atoms with Crippen molar-refractivity contribution in [3.63, 3.8) is 0 Å². The predicted octanol–water partition coefficient (Wildman–Crippen LogP) is 2.36. The van der Waals surface area contributed by atoms with Gasteiger partial charge < -0.3 is 10.0 Å². The number of nitro groups is 1. The van der Waals surface area contributed by atoms with Gasteiger partial charge in [-0.25, -0.2) is 0 Å². The summed E-state index contributed by atoms with van der Waals surface area (Å²) >= 11 is 0. The normalized spacial score (nSPS) is 11.2. The third kappa shape index (κ3) is 4.11. The molecule has 0 atom stereocenters. The highest BCUT2D eigenvalue weighted by atomic mass is 19.4. The number of nitrogens with zero attached hydrogens (tertiary/aromatic N) is 2. The van der Waals surface area contributed by atoms with Gasteiger partial charge in [-0.3, -0.25) is 14.9 Å². The number of hydrogen-bond donors (Lipinski definition) is 1. The molecule has 110 valence electrons. The number of aliphatic carboxylic acids is 1. The second kappa shape index (κ2) is 5.76. The Hall–Kier alpha value is -2.32. The molecule has 0 bridgehead atoms. The Balaban J connectivity index is 3.23. The van der Waals surface area contributed by atoms with Crippen LogP contribution in [0.4, 0.5) is 24.5 Å². The van der Waals surface area contributed by atoms with Gasteiger partial charge in [0.05, 0.1) is 10.5 Å². The van der Waals surface area contributed by atoms with E-state index in [-0.39, 0.29) is 16.9 Å². The fourth-order valence-corrected chi connectivity index (χ4v) is 1.76. The first-order valence-corrected chi connectivity index (χ1v) is 5.39. The first-order chi connectivity index (χ1) is 9.11. The number of nitro benzene ring substituents is 1. The van der Waals surface area contributed by atoms with Crippen LogP contribution >= 0.6 is 0 Å². The minimum Gasteiger partial charge on any atom is -0.480 e. The summed E-state index contributed by atoms with van der Waals surface area (Å²) < 4.78 is 37.4. The maximum absolute atomic E-state index is 12.5. The lowest BCUT2D eigenvalue weighted by atomic mass is 10.1. The summed E-state index contributed by atoms with van der Waals surface area (Å²) in [5.41, 5.74) is -0.498. The number of anilines is 1. The van der Waals surface area contributed by atoms with Crippen molar-refractivity contribution >= 4 is 17.3 Å². The van der Waals surface area contributed by atoms with Gasteiger partial charge in [0, 0.05) is 11.8 Å². The molecular weight excluding hydrogens is 281 g/mol. The summed E-state index contributed by atoms with van der Waals surface area (Å²) in [6, 6.07) is 3.58. The van der Waals surface area contributed by atoms with E-state index in [0.717, 1.165) is 6.07 Å². The highest BCUT2D eigenvalue weighted by Gasteiger charge is 2.33. The Morgan fingerprint density at radius 3 is 2.50 bits per heavy atom. The number of benzene rings is 1. The molecule has 20 heavy (non-hydrogen) atoms. The third-order valence-electron chi connectivity index (χ3n) is 2.51. The van der Waals surface area contributed by atoms with Crippen LogP contribution < -0.4 is 4.90 Å². The van der Waals surface area contributed by atoms with Crippen LogP contribution in [0.2, 0.25) is 0 Å². The Labute approximate surface area is 111 Å². The Morgan fingerprint density at radius 1 is 1.45 bits per heavy atom. The summed E-state index contributed by atoms with van der Waals surface area (Å²) in [7, 11) is 0. The first-order valence-electron chi connectivity index (χ1n) is 5.39. The van der Waals surface area contributed by atoms with Crippen LogP contribution in [-0.2, 0) is 4.79 Å². The topological polar surface area (TPSA) is 83.7 Å². The molecule has 0 saturated heterocycles. The van der Waals surface area contributed by atoms with Crippen molar-refractivity contribution in [2.24, 2.45) is 0 Å². The molecule has 1 aromatic rings. The molecule has 0 saturated carbocycles. The molecule has 0 unspecified atom stereocenters. The molecule has 6 nitrogen and oxygen atoms in total. The van der Waals surface area contributed by atoms with E-state index in [1.807, 2.05) is 0 Å². The van der Waals surface area contributed by atoms with E-state index in [0.29, 0.717) is 4.90 Å². The minimum absolute atomic E-state index is 0.0111. The molecule has 0 radical (unpaired) electrons. The van der Waals surface area contributed by atoms with E-state index < -0.39 is 30.2 Å². The van der Waals surface area contributed by atoms with Gasteiger partial charge in [0.25, 0.3) is 5.69 Å². The molecule has 1 aromatic carbocycles. The summed E-state index contributed by atoms with van der Waals surface area (Å²) in [6.45, 7) is -1.12. The van der Waals surface area contributed by atoms with Crippen LogP contribution in [0.1, 0.15) is 5.56 Å². The number of alkyl halides is 3. The Bertz CT molecular complexity index is 531. The number of hydrogen-bond acceptors (Lipinski definition) is 4. The van der Waals surface area contributed by atoms with Crippen molar-refractivity contribution in [2.45, 2.75) is 13.1 Å². The highest BCUT2D eigenvalue weighted by molar-refractivity contribution is 5.75.